The number of rotatable bonds is 6. The summed E-state index contributed by atoms with van der Waals surface area (Å²) in [5.74, 6) is 0.354. The third-order valence-electron chi connectivity index (χ3n) is 2.98. The molecule has 0 saturated heterocycles. The van der Waals surface area contributed by atoms with Crippen molar-refractivity contribution in [1.29, 1.82) is 0 Å². The number of hydrogen-bond donors (Lipinski definition) is 2. The first kappa shape index (κ1) is 14.2. The second-order valence-electron chi connectivity index (χ2n) is 4.56. The Balaban J connectivity index is 1.96. The van der Waals surface area contributed by atoms with E-state index in [0.717, 1.165) is 12.0 Å². The molecule has 0 spiro atoms. The molecule has 2 aromatic rings. The predicted molar refractivity (Wildman–Crippen MR) is 76.1 cm³/mol. The van der Waals surface area contributed by atoms with Crippen molar-refractivity contribution in [1.82, 2.24) is 15.5 Å². The number of benzene rings is 1. The highest BCUT2D eigenvalue weighted by atomic mass is 16.4. The molecule has 1 unspecified atom stereocenters. The highest BCUT2D eigenvalue weighted by Crippen LogP contribution is 2.20. The number of amides is 1. The monoisotopic (exact) mass is 274 g/mol. The maximum absolute atomic E-state index is 11.8. The first-order valence-corrected chi connectivity index (χ1v) is 6.59. The fraction of sp³-hybridized carbons (Fsp3) is 0.357. The van der Waals surface area contributed by atoms with Crippen LogP contribution in [0.4, 0.5) is 5.69 Å². The van der Waals surface area contributed by atoms with Crippen LogP contribution in [0, 0.1) is 0 Å². The third kappa shape index (κ3) is 3.89. The minimum Gasteiger partial charge on any atom is -0.423 e. The zero-order valence-electron chi connectivity index (χ0n) is 11.6. The van der Waals surface area contributed by atoms with Gasteiger partial charge in [0.25, 0.3) is 0 Å². The van der Waals surface area contributed by atoms with Gasteiger partial charge in [0.05, 0.1) is 6.54 Å². The van der Waals surface area contributed by atoms with E-state index in [2.05, 4.69) is 27.8 Å². The lowest BCUT2D eigenvalue weighted by molar-refractivity contribution is -0.115. The van der Waals surface area contributed by atoms with Crippen molar-refractivity contribution in [3.8, 4) is 11.5 Å². The lowest BCUT2D eigenvalue weighted by atomic mass is 10.2. The Morgan fingerprint density at radius 2 is 2.30 bits per heavy atom. The Kier molecular flexibility index (Phi) is 4.84. The molecule has 0 saturated carbocycles. The summed E-state index contributed by atoms with van der Waals surface area (Å²) in [5, 5.41) is 13.4. The highest BCUT2D eigenvalue weighted by molar-refractivity contribution is 5.92. The lowest BCUT2D eigenvalue weighted by Crippen LogP contribution is -2.33. The summed E-state index contributed by atoms with van der Waals surface area (Å²) in [7, 11) is 0. The molecule has 1 atom stereocenters. The van der Waals surface area contributed by atoms with Gasteiger partial charge < -0.3 is 15.1 Å². The smallest absolute Gasteiger partial charge is 0.247 e. The molecule has 2 N–H and O–H groups in total. The van der Waals surface area contributed by atoms with Gasteiger partial charge >= 0.3 is 0 Å². The average Bonchev–Trinajstić information content (AvgIpc) is 2.99. The molecule has 0 bridgehead atoms. The first-order valence-electron chi connectivity index (χ1n) is 6.59. The Hall–Kier alpha value is -2.21. The molecule has 0 aliphatic rings. The fourth-order valence-electron chi connectivity index (χ4n) is 1.65. The van der Waals surface area contributed by atoms with E-state index in [0.29, 0.717) is 24.2 Å². The number of aromatic nitrogens is 2. The molecule has 0 fully saturated rings. The number of anilines is 1. The van der Waals surface area contributed by atoms with E-state index in [1.807, 2.05) is 25.1 Å². The summed E-state index contributed by atoms with van der Waals surface area (Å²) in [6.07, 6.45) is 2.26. The Bertz CT molecular complexity index is 554. The van der Waals surface area contributed by atoms with Crippen molar-refractivity contribution in [2.24, 2.45) is 0 Å². The Morgan fingerprint density at radius 1 is 1.45 bits per heavy atom. The van der Waals surface area contributed by atoms with Crippen molar-refractivity contribution in [3.63, 3.8) is 0 Å². The summed E-state index contributed by atoms with van der Waals surface area (Å²) < 4.78 is 5.13. The molecular formula is C14H18N4O2. The van der Waals surface area contributed by atoms with Gasteiger partial charge in [-0.2, -0.15) is 0 Å². The van der Waals surface area contributed by atoms with Crippen LogP contribution in [-0.4, -0.2) is 28.7 Å². The normalized spacial score (nSPS) is 12.1. The SMILES string of the molecule is CCC(C)NCC(=O)Nc1cccc(-c2nnco2)c1. The van der Waals surface area contributed by atoms with E-state index in [9.17, 15) is 4.79 Å². The van der Waals surface area contributed by atoms with Gasteiger partial charge in [-0.15, -0.1) is 10.2 Å². The van der Waals surface area contributed by atoms with Crippen molar-refractivity contribution in [2.45, 2.75) is 26.3 Å². The van der Waals surface area contributed by atoms with Crippen molar-refractivity contribution in [2.75, 3.05) is 11.9 Å². The molecule has 2 rings (SSSR count). The van der Waals surface area contributed by atoms with Crippen LogP contribution < -0.4 is 10.6 Å². The molecule has 0 radical (unpaired) electrons. The number of carbonyl (C=O) groups excluding carboxylic acids is 1. The topological polar surface area (TPSA) is 80.0 Å². The summed E-state index contributed by atoms with van der Waals surface area (Å²) in [5.41, 5.74) is 1.48. The van der Waals surface area contributed by atoms with Gasteiger partial charge in [-0.1, -0.05) is 13.0 Å². The standard InChI is InChI=1S/C14H18N4O2/c1-3-10(2)15-8-13(19)17-12-6-4-5-11(7-12)14-18-16-9-20-14/h4-7,9-10,15H,3,8H2,1-2H3,(H,17,19). The molecule has 6 nitrogen and oxygen atoms in total. The molecule has 1 heterocycles. The van der Waals surface area contributed by atoms with Crippen LogP contribution in [0.15, 0.2) is 35.1 Å². The predicted octanol–water partition coefficient (Wildman–Crippen LogP) is 2.06. The van der Waals surface area contributed by atoms with Crippen LogP contribution in [0.3, 0.4) is 0 Å². The maximum Gasteiger partial charge on any atom is 0.247 e. The summed E-state index contributed by atoms with van der Waals surface area (Å²) in [4.78, 5) is 11.8. The van der Waals surface area contributed by atoms with E-state index in [4.69, 9.17) is 4.42 Å². The van der Waals surface area contributed by atoms with Crippen LogP contribution in [0.25, 0.3) is 11.5 Å². The molecule has 20 heavy (non-hydrogen) atoms. The number of hydrogen-bond acceptors (Lipinski definition) is 5. The Labute approximate surface area is 117 Å². The second kappa shape index (κ2) is 6.81. The van der Waals surface area contributed by atoms with Crippen LogP contribution in [0.1, 0.15) is 20.3 Å². The van der Waals surface area contributed by atoms with E-state index < -0.39 is 0 Å². The molecule has 106 valence electrons. The van der Waals surface area contributed by atoms with Crippen LogP contribution in [0.2, 0.25) is 0 Å². The molecular weight excluding hydrogens is 256 g/mol. The largest absolute Gasteiger partial charge is 0.423 e. The molecule has 0 aliphatic heterocycles. The van der Waals surface area contributed by atoms with Gasteiger partial charge in [-0.25, -0.2) is 0 Å². The summed E-state index contributed by atoms with van der Waals surface area (Å²) in [6, 6.07) is 7.62. The molecule has 1 aromatic carbocycles. The summed E-state index contributed by atoms with van der Waals surface area (Å²) in [6.45, 7) is 4.41. The van der Waals surface area contributed by atoms with Crippen LogP contribution in [0.5, 0.6) is 0 Å². The fourth-order valence-corrected chi connectivity index (χ4v) is 1.65. The molecule has 1 amide bonds. The van der Waals surface area contributed by atoms with Crippen LogP contribution in [-0.2, 0) is 4.79 Å². The maximum atomic E-state index is 11.8. The first-order chi connectivity index (χ1) is 9.69. The lowest BCUT2D eigenvalue weighted by Gasteiger charge is -2.11. The Morgan fingerprint density at radius 3 is 3.00 bits per heavy atom. The summed E-state index contributed by atoms with van der Waals surface area (Å²) >= 11 is 0. The number of nitrogens with one attached hydrogen (secondary N) is 2. The van der Waals surface area contributed by atoms with E-state index in [1.165, 1.54) is 6.39 Å². The second-order valence-corrected chi connectivity index (χ2v) is 4.56. The van der Waals surface area contributed by atoms with Gasteiger partial charge in [0.1, 0.15) is 0 Å². The van der Waals surface area contributed by atoms with Crippen molar-refractivity contribution < 1.29 is 9.21 Å². The zero-order valence-corrected chi connectivity index (χ0v) is 11.6. The highest BCUT2D eigenvalue weighted by Gasteiger charge is 2.07. The third-order valence-corrected chi connectivity index (χ3v) is 2.98. The quantitative estimate of drug-likeness (QED) is 0.842. The van der Waals surface area contributed by atoms with E-state index >= 15 is 0 Å². The van der Waals surface area contributed by atoms with Crippen molar-refractivity contribution >= 4 is 11.6 Å². The van der Waals surface area contributed by atoms with Crippen LogP contribution >= 0.6 is 0 Å². The van der Waals surface area contributed by atoms with Gasteiger partial charge in [0.15, 0.2) is 0 Å². The molecule has 1 aromatic heterocycles. The number of carbonyl (C=O) groups is 1. The molecule has 6 heteroatoms. The minimum absolute atomic E-state index is 0.0759. The van der Waals surface area contributed by atoms with Gasteiger partial charge in [0.2, 0.25) is 18.2 Å². The zero-order chi connectivity index (χ0) is 14.4. The van der Waals surface area contributed by atoms with E-state index in [1.54, 1.807) is 6.07 Å². The van der Waals surface area contributed by atoms with Gasteiger partial charge in [-0.3, -0.25) is 4.79 Å². The van der Waals surface area contributed by atoms with E-state index in [-0.39, 0.29) is 5.91 Å². The minimum atomic E-state index is -0.0759. The van der Waals surface area contributed by atoms with Gasteiger partial charge in [-0.05, 0) is 31.5 Å². The van der Waals surface area contributed by atoms with Crippen molar-refractivity contribution in [3.05, 3.63) is 30.7 Å². The molecule has 0 aliphatic carbocycles. The number of nitrogens with zero attached hydrogens (tertiary/aromatic N) is 2. The average molecular weight is 274 g/mol. The van der Waals surface area contributed by atoms with Gasteiger partial charge in [0, 0.05) is 17.3 Å².